The minimum absolute atomic E-state index is 0. The predicted octanol–water partition coefficient (Wildman–Crippen LogP) is -0.135. The first kappa shape index (κ1) is 34.0. The molecular weight excluding hydrogens is 409 g/mol. The normalized spacial score (nSPS) is 12.8. The van der Waals surface area contributed by atoms with E-state index in [0.29, 0.717) is 0 Å². The van der Waals surface area contributed by atoms with Crippen LogP contribution in [0.4, 0.5) is 0 Å². The van der Waals surface area contributed by atoms with Crippen LogP contribution in [-0.2, 0) is 32.6 Å². The standard InChI is InChI=1S/C11H15.C4H4P.3CH3.2ClH.Zr/c1-6-5-10-8(3)7(2)9(4)11(6)10;1-2-4-5-3-1;;;;;;/h6H,5H2,1-4H3;1-3,5H;3*1H3;2*1H;/q5*-1;;;+2/p-2. The van der Waals surface area contributed by atoms with Gasteiger partial charge in [0.05, 0.1) is 0 Å². The van der Waals surface area contributed by atoms with E-state index in [1.165, 1.54) is 12.0 Å². The molecule has 0 bridgehead atoms. The molecule has 0 fully saturated rings. The smallest absolute Gasteiger partial charge is 1.00 e. The number of hydrogen-bond acceptors (Lipinski definition) is 0. The van der Waals surface area contributed by atoms with Gasteiger partial charge in [-0.15, -0.1) is 5.56 Å². The van der Waals surface area contributed by atoms with Gasteiger partial charge in [0, 0.05) is 0 Å². The van der Waals surface area contributed by atoms with Crippen molar-refractivity contribution >= 4 is 8.19 Å². The summed E-state index contributed by atoms with van der Waals surface area (Å²) < 4.78 is 0. The molecule has 0 N–H and O–H groups in total. The van der Waals surface area contributed by atoms with E-state index in [4.69, 9.17) is 0 Å². The molecule has 0 saturated carbocycles. The molecule has 22 heavy (non-hydrogen) atoms. The molecule has 0 spiro atoms. The maximum atomic E-state index is 3.01. The van der Waals surface area contributed by atoms with Gasteiger partial charge in [0.2, 0.25) is 0 Å². The van der Waals surface area contributed by atoms with Gasteiger partial charge in [0.1, 0.15) is 0 Å². The van der Waals surface area contributed by atoms with Gasteiger partial charge < -0.3 is 47.1 Å². The van der Waals surface area contributed by atoms with Crippen LogP contribution in [0.2, 0.25) is 0 Å². The average Bonchev–Trinajstić information content (AvgIpc) is 2.85. The van der Waals surface area contributed by atoms with Crippen LogP contribution in [0, 0.1) is 48.8 Å². The van der Waals surface area contributed by atoms with Gasteiger partial charge in [-0.25, -0.2) is 6.07 Å². The molecule has 2 aromatic rings. The summed E-state index contributed by atoms with van der Waals surface area (Å²) in [4.78, 5) is 0. The number of halogens is 2. The summed E-state index contributed by atoms with van der Waals surface area (Å²) in [6, 6.07) is 3.96. The van der Waals surface area contributed by atoms with Crippen molar-refractivity contribution in [2.75, 3.05) is 0 Å². The van der Waals surface area contributed by atoms with Crippen molar-refractivity contribution in [1.82, 2.24) is 0 Å². The van der Waals surface area contributed by atoms with E-state index >= 15 is 0 Å². The maximum Gasteiger partial charge on any atom is 2.00 e. The predicted molar refractivity (Wildman–Crippen MR) is 92.4 cm³/mol. The van der Waals surface area contributed by atoms with Crippen molar-refractivity contribution < 1.29 is 51.0 Å². The summed E-state index contributed by atoms with van der Waals surface area (Å²) in [5.41, 5.74) is 7.93. The molecule has 128 valence electrons. The molecule has 0 amide bonds. The van der Waals surface area contributed by atoms with Crippen LogP contribution in [0.3, 0.4) is 0 Å². The third-order valence-corrected chi connectivity index (χ3v) is 4.44. The quantitative estimate of drug-likeness (QED) is 0.504. The molecular formula is C18H28Cl2PZr-5. The molecule has 1 aliphatic rings. The average molecular weight is 438 g/mol. The van der Waals surface area contributed by atoms with E-state index in [-0.39, 0.29) is 73.3 Å². The van der Waals surface area contributed by atoms with Crippen molar-refractivity contribution in [2.45, 2.75) is 40.0 Å². The zero-order valence-electron chi connectivity index (χ0n) is 14.8. The molecule has 0 aliphatic heterocycles. The van der Waals surface area contributed by atoms with Crippen LogP contribution in [0.5, 0.6) is 0 Å². The van der Waals surface area contributed by atoms with Crippen LogP contribution in [0.15, 0.2) is 17.9 Å². The Labute approximate surface area is 172 Å². The first-order chi connectivity index (χ1) is 7.63. The number of hydrogen-bond donors (Lipinski definition) is 0. The van der Waals surface area contributed by atoms with Gasteiger partial charge in [-0.3, -0.25) is 8.19 Å². The van der Waals surface area contributed by atoms with Gasteiger partial charge in [0.15, 0.2) is 0 Å². The molecule has 1 aliphatic carbocycles. The summed E-state index contributed by atoms with van der Waals surface area (Å²) >= 11 is 0. The molecule has 1 heterocycles. The van der Waals surface area contributed by atoms with E-state index < -0.39 is 0 Å². The monoisotopic (exact) mass is 435 g/mol. The van der Waals surface area contributed by atoms with Crippen LogP contribution in [0.1, 0.15) is 40.7 Å². The van der Waals surface area contributed by atoms with Gasteiger partial charge in [-0.05, 0) is 0 Å². The summed E-state index contributed by atoms with van der Waals surface area (Å²) in [5, 5.41) is 0. The third kappa shape index (κ3) is 7.01. The number of rotatable bonds is 0. The Morgan fingerprint density at radius 1 is 1.09 bits per heavy atom. The van der Waals surface area contributed by atoms with Crippen molar-refractivity contribution in [3.05, 3.63) is 73.8 Å². The Bertz CT molecular complexity index is 439. The Hall–Kier alpha value is 0.593. The number of fused-ring (bicyclic) bond motifs is 1. The second-order valence-corrected chi connectivity index (χ2v) is 5.60. The minimum Gasteiger partial charge on any atom is -1.00 e. The summed E-state index contributed by atoms with van der Waals surface area (Å²) in [6.45, 7) is 9.09. The van der Waals surface area contributed by atoms with Crippen LogP contribution in [0.25, 0.3) is 0 Å². The SMILES string of the molecule is Cc1c(C)c2[c-](c1C)C(C)C2.[CH3-].[CH3-].[CH3-].[Cl-].[Cl-].[Zr+2].[c-]1ccc[pH]1. The molecule has 1 aromatic heterocycles. The van der Waals surface area contributed by atoms with Gasteiger partial charge in [-0.1, -0.05) is 40.0 Å². The van der Waals surface area contributed by atoms with Gasteiger partial charge in [-0.2, -0.15) is 39.9 Å². The van der Waals surface area contributed by atoms with E-state index in [2.05, 4.69) is 39.3 Å². The Morgan fingerprint density at radius 3 is 1.86 bits per heavy atom. The summed E-state index contributed by atoms with van der Waals surface area (Å²) in [6.07, 6.45) is 1.32. The Morgan fingerprint density at radius 2 is 1.64 bits per heavy atom. The molecule has 0 radical (unpaired) electrons. The molecule has 3 rings (SSSR count). The zero-order chi connectivity index (χ0) is 11.7. The molecule has 1 aromatic carbocycles. The van der Waals surface area contributed by atoms with E-state index in [1.54, 1.807) is 22.3 Å². The molecule has 0 saturated heterocycles. The maximum absolute atomic E-state index is 3.01. The Balaban J connectivity index is -0.0000000785. The zero-order valence-corrected chi connectivity index (χ0v) is 19.7. The van der Waals surface area contributed by atoms with Crippen LogP contribution >= 0.6 is 8.19 Å². The molecule has 0 nitrogen and oxygen atoms in total. The fraction of sp³-hybridized carbons (Fsp3) is 0.333. The van der Waals surface area contributed by atoms with Crippen molar-refractivity contribution in [3.63, 3.8) is 0 Å². The summed E-state index contributed by atoms with van der Waals surface area (Å²) in [5.74, 6) is 5.94. The van der Waals surface area contributed by atoms with E-state index in [0.717, 1.165) is 14.1 Å². The summed E-state index contributed by atoms with van der Waals surface area (Å²) in [7, 11) is 0.823. The molecule has 2 atom stereocenters. The van der Waals surface area contributed by atoms with E-state index in [1.807, 2.05) is 12.1 Å². The second kappa shape index (κ2) is 15.1. The van der Waals surface area contributed by atoms with E-state index in [9.17, 15) is 0 Å². The molecule has 2 unspecified atom stereocenters. The van der Waals surface area contributed by atoms with Crippen molar-refractivity contribution in [3.8, 4) is 0 Å². The van der Waals surface area contributed by atoms with Crippen molar-refractivity contribution in [2.24, 2.45) is 0 Å². The Kier molecular flexibility index (Phi) is 23.4. The van der Waals surface area contributed by atoms with Gasteiger partial charge >= 0.3 is 26.2 Å². The largest absolute Gasteiger partial charge is 2.00 e. The van der Waals surface area contributed by atoms with Crippen LogP contribution < -0.4 is 24.8 Å². The third-order valence-electron chi connectivity index (χ3n) is 3.75. The fourth-order valence-electron chi connectivity index (χ4n) is 2.59. The van der Waals surface area contributed by atoms with Crippen LogP contribution in [-0.4, -0.2) is 0 Å². The van der Waals surface area contributed by atoms with Crippen molar-refractivity contribution in [1.29, 1.82) is 0 Å². The topological polar surface area (TPSA) is 0 Å². The molecule has 4 heteroatoms. The fourth-order valence-corrected chi connectivity index (χ4v) is 3.07. The van der Waals surface area contributed by atoms with Gasteiger partial charge in [0.25, 0.3) is 0 Å². The minimum atomic E-state index is 0. The first-order valence-electron chi connectivity index (χ1n) is 5.87. The first-order valence-corrected chi connectivity index (χ1v) is 6.95. The second-order valence-electron chi connectivity index (χ2n) is 4.69.